The van der Waals surface area contributed by atoms with Crippen LogP contribution in [0, 0.1) is 13.8 Å². The molecule has 3 rings (SSSR count). The number of nitrogens with two attached hydrogens (primary N) is 1. The predicted octanol–water partition coefficient (Wildman–Crippen LogP) is 3.78. The molecule has 0 unspecified atom stereocenters. The number of thioether (sulfide) groups is 1. The summed E-state index contributed by atoms with van der Waals surface area (Å²) in [6, 6.07) is 5.90. The number of nitrogen functional groups attached to an aromatic ring is 1. The van der Waals surface area contributed by atoms with Gasteiger partial charge in [0.25, 0.3) is 0 Å². The third-order valence-electron chi connectivity index (χ3n) is 5.18. The minimum Gasteiger partial charge on any atom is -0.336 e. The smallest absolute Gasteiger partial charge is 0.237 e. The van der Waals surface area contributed by atoms with Gasteiger partial charge in [-0.15, -0.1) is 10.2 Å². The van der Waals surface area contributed by atoms with Gasteiger partial charge in [-0.3, -0.25) is 4.79 Å². The lowest BCUT2D eigenvalue weighted by molar-refractivity contribution is -0.115. The molecule has 0 saturated heterocycles. The number of anilines is 1. The highest BCUT2D eigenvalue weighted by atomic mass is 32.2. The van der Waals surface area contributed by atoms with E-state index >= 15 is 0 Å². The maximum absolute atomic E-state index is 12.6. The minimum atomic E-state index is -0.319. The highest BCUT2D eigenvalue weighted by molar-refractivity contribution is 8.00. The first-order valence-electron chi connectivity index (χ1n) is 9.21. The van der Waals surface area contributed by atoms with Gasteiger partial charge in [-0.1, -0.05) is 43.2 Å². The Morgan fingerprint density at radius 2 is 2.00 bits per heavy atom. The number of aryl methyl sites for hydroxylation is 1. The van der Waals surface area contributed by atoms with Crippen LogP contribution in [0.15, 0.2) is 23.4 Å². The van der Waals surface area contributed by atoms with E-state index in [-0.39, 0.29) is 11.2 Å². The maximum atomic E-state index is 12.6. The second-order valence-electron chi connectivity index (χ2n) is 7.04. The van der Waals surface area contributed by atoms with Gasteiger partial charge in [0.1, 0.15) is 0 Å². The molecule has 1 fully saturated rings. The topological polar surface area (TPSA) is 85.8 Å². The van der Waals surface area contributed by atoms with Crippen molar-refractivity contribution >= 4 is 23.4 Å². The standard InChI is InChI=1S/C19H27N5OS/c1-12-8-7-11-16(13(12)2)21-18(25)14(3)26-19-23-22-17(24(19)20)15-9-5-4-6-10-15/h7-8,11,14-15H,4-6,9-10,20H2,1-3H3,(H,21,25)/t14-/m1/s1. The number of carbonyl (C=O) groups is 1. The molecule has 0 aliphatic heterocycles. The van der Waals surface area contributed by atoms with Crippen molar-refractivity contribution in [3.63, 3.8) is 0 Å². The molecule has 0 spiro atoms. The molecule has 1 aromatic heterocycles. The van der Waals surface area contributed by atoms with Crippen LogP contribution < -0.4 is 11.2 Å². The number of benzene rings is 1. The molecule has 0 radical (unpaired) electrons. The molecule has 1 heterocycles. The third kappa shape index (κ3) is 4.03. The largest absolute Gasteiger partial charge is 0.336 e. The van der Waals surface area contributed by atoms with Crippen LogP contribution in [0.25, 0.3) is 0 Å². The summed E-state index contributed by atoms with van der Waals surface area (Å²) in [5.41, 5.74) is 3.08. The summed E-state index contributed by atoms with van der Waals surface area (Å²) >= 11 is 1.34. The van der Waals surface area contributed by atoms with E-state index in [0.29, 0.717) is 11.1 Å². The van der Waals surface area contributed by atoms with Crippen LogP contribution in [0.4, 0.5) is 5.69 Å². The zero-order valence-electron chi connectivity index (χ0n) is 15.7. The summed E-state index contributed by atoms with van der Waals surface area (Å²) in [4.78, 5) is 12.6. The van der Waals surface area contributed by atoms with Crippen molar-refractivity contribution in [1.82, 2.24) is 14.9 Å². The number of hydrogen-bond donors (Lipinski definition) is 2. The monoisotopic (exact) mass is 373 g/mol. The second-order valence-corrected chi connectivity index (χ2v) is 8.35. The van der Waals surface area contributed by atoms with Crippen LogP contribution in [0.1, 0.15) is 61.9 Å². The molecule has 1 aliphatic rings. The highest BCUT2D eigenvalue weighted by Gasteiger charge is 2.25. The van der Waals surface area contributed by atoms with Gasteiger partial charge < -0.3 is 11.2 Å². The van der Waals surface area contributed by atoms with Gasteiger partial charge in [-0.05, 0) is 50.8 Å². The van der Waals surface area contributed by atoms with Crippen molar-refractivity contribution in [2.45, 2.75) is 69.2 Å². The zero-order valence-corrected chi connectivity index (χ0v) is 16.5. The van der Waals surface area contributed by atoms with Gasteiger partial charge in [0.15, 0.2) is 5.82 Å². The molecule has 26 heavy (non-hydrogen) atoms. The molecule has 1 aliphatic carbocycles. The Labute approximate surface area is 158 Å². The van der Waals surface area contributed by atoms with E-state index in [1.165, 1.54) is 31.0 Å². The van der Waals surface area contributed by atoms with Crippen molar-refractivity contribution < 1.29 is 4.79 Å². The molecule has 1 atom stereocenters. The van der Waals surface area contributed by atoms with E-state index in [1.54, 1.807) is 4.68 Å². The van der Waals surface area contributed by atoms with Crippen molar-refractivity contribution in [2.75, 3.05) is 11.2 Å². The highest BCUT2D eigenvalue weighted by Crippen LogP contribution is 2.33. The van der Waals surface area contributed by atoms with E-state index in [9.17, 15) is 4.79 Å². The van der Waals surface area contributed by atoms with E-state index in [1.807, 2.05) is 39.0 Å². The van der Waals surface area contributed by atoms with Crippen molar-refractivity contribution in [1.29, 1.82) is 0 Å². The van der Waals surface area contributed by atoms with Crippen LogP contribution in [-0.2, 0) is 4.79 Å². The van der Waals surface area contributed by atoms with Gasteiger partial charge in [0.05, 0.1) is 5.25 Å². The lowest BCUT2D eigenvalue weighted by Gasteiger charge is -2.20. The molecular weight excluding hydrogens is 346 g/mol. The Morgan fingerprint density at radius 3 is 2.73 bits per heavy atom. The van der Waals surface area contributed by atoms with Crippen LogP contribution >= 0.6 is 11.8 Å². The van der Waals surface area contributed by atoms with Gasteiger partial charge in [-0.25, -0.2) is 4.68 Å². The first-order valence-corrected chi connectivity index (χ1v) is 10.1. The fraction of sp³-hybridized carbons (Fsp3) is 0.526. The lowest BCUT2D eigenvalue weighted by atomic mass is 9.89. The predicted molar refractivity (Wildman–Crippen MR) is 106 cm³/mol. The quantitative estimate of drug-likeness (QED) is 0.615. The summed E-state index contributed by atoms with van der Waals surface area (Å²) in [5.74, 6) is 7.38. The molecule has 1 amide bonds. The molecule has 140 valence electrons. The average molecular weight is 374 g/mol. The number of hydrogen-bond acceptors (Lipinski definition) is 5. The number of nitrogens with one attached hydrogen (secondary N) is 1. The molecule has 3 N–H and O–H groups in total. The molecule has 7 heteroatoms. The fourth-order valence-electron chi connectivity index (χ4n) is 3.34. The van der Waals surface area contributed by atoms with Crippen molar-refractivity contribution in [3.05, 3.63) is 35.2 Å². The Hall–Kier alpha value is -2.02. The van der Waals surface area contributed by atoms with Crippen molar-refractivity contribution in [3.8, 4) is 0 Å². The summed E-state index contributed by atoms with van der Waals surface area (Å²) in [6.07, 6.45) is 5.95. The van der Waals surface area contributed by atoms with Gasteiger partial charge in [0.2, 0.25) is 11.1 Å². The van der Waals surface area contributed by atoms with Crippen LogP contribution in [-0.4, -0.2) is 26.0 Å². The fourth-order valence-corrected chi connectivity index (χ4v) is 4.12. The third-order valence-corrected chi connectivity index (χ3v) is 6.23. The first kappa shape index (κ1) is 18.8. The summed E-state index contributed by atoms with van der Waals surface area (Å²) < 4.78 is 1.57. The summed E-state index contributed by atoms with van der Waals surface area (Å²) in [5, 5.41) is 11.8. The Morgan fingerprint density at radius 1 is 1.27 bits per heavy atom. The minimum absolute atomic E-state index is 0.0640. The first-order chi connectivity index (χ1) is 12.5. The number of amides is 1. The van der Waals surface area contributed by atoms with E-state index < -0.39 is 0 Å². The van der Waals surface area contributed by atoms with E-state index in [4.69, 9.17) is 5.84 Å². The van der Waals surface area contributed by atoms with Crippen LogP contribution in [0.5, 0.6) is 0 Å². The van der Waals surface area contributed by atoms with Crippen molar-refractivity contribution in [2.24, 2.45) is 0 Å². The van der Waals surface area contributed by atoms with Crippen LogP contribution in [0.2, 0.25) is 0 Å². The zero-order chi connectivity index (χ0) is 18.7. The molecule has 1 saturated carbocycles. The lowest BCUT2D eigenvalue weighted by Crippen LogP contribution is -2.24. The number of nitrogens with zero attached hydrogens (tertiary/aromatic N) is 3. The SMILES string of the molecule is Cc1cccc(NC(=O)[C@@H](C)Sc2nnc(C3CCCCC3)n2N)c1C. The molecule has 2 aromatic rings. The summed E-state index contributed by atoms with van der Waals surface area (Å²) in [7, 11) is 0. The Bertz CT molecular complexity index is 782. The normalized spacial score (nSPS) is 16.4. The molecule has 1 aromatic carbocycles. The van der Waals surface area contributed by atoms with E-state index in [0.717, 1.165) is 35.5 Å². The average Bonchev–Trinajstić information content (AvgIpc) is 3.00. The van der Waals surface area contributed by atoms with E-state index in [2.05, 4.69) is 15.5 Å². The van der Waals surface area contributed by atoms with Gasteiger partial charge in [-0.2, -0.15) is 0 Å². The Kier molecular flexibility index (Phi) is 5.86. The molecular formula is C19H27N5OS. The molecule has 0 bridgehead atoms. The van der Waals surface area contributed by atoms with Crippen LogP contribution in [0.3, 0.4) is 0 Å². The Balaban J connectivity index is 1.66. The second kappa shape index (κ2) is 8.12. The van der Waals surface area contributed by atoms with Gasteiger partial charge >= 0.3 is 0 Å². The number of carbonyl (C=O) groups excluding carboxylic acids is 1. The number of rotatable bonds is 5. The van der Waals surface area contributed by atoms with Gasteiger partial charge in [0, 0.05) is 11.6 Å². The number of aromatic nitrogens is 3. The summed E-state index contributed by atoms with van der Waals surface area (Å²) in [6.45, 7) is 5.91. The maximum Gasteiger partial charge on any atom is 0.237 e. The molecule has 6 nitrogen and oxygen atoms in total.